The van der Waals surface area contributed by atoms with Gasteiger partial charge in [-0.15, -0.1) is 9.42 Å². The second-order valence-corrected chi connectivity index (χ2v) is 6.87. The summed E-state index contributed by atoms with van der Waals surface area (Å²) in [6, 6.07) is 0. The Balaban J connectivity index is 3.07. The van der Waals surface area contributed by atoms with E-state index in [1.807, 2.05) is 6.92 Å². The maximum atomic E-state index is 10.5. The summed E-state index contributed by atoms with van der Waals surface area (Å²) in [6.45, 7) is 4.13. The van der Waals surface area contributed by atoms with Crippen LogP contribution in [0.4, 0.5) is 0 Å². The molecule has 21 heavy (non-hydrogen) atoms. The summed E-state index contributed by atoms with van der Waals surface area (Å²) in [7, 11) is -2.43. The predicted octanol–water partition coefficient (Wildman–Crippen LogP) is 6.52. The van der Waals surface area contributed by atoms with Crippen molar-refractivity contribution in [2.24, 2.45) is 0 Å². The highest BCUT2D eigenvalue weighted by Crippen LogP contribution is 2.21. The van der Waals surface area contributed by atoms with Gasteiger partial charge < -0.3 is 0 Å². The summed E-state index contributed by atoms with van der Waals surface area (Å²) >= 11 is 0. The normalized spacial score (nSPS) is 13.4. The lowest BCUT2D eigenvalue weighted by atomic mass is 10.0. The molecule has 0 amide bonds. The van der Waals surface area contributed by atoms with E-state index in [9.17, 15) is 4.57 Å². The summed E-state index contributed by atoms with van der Waals surface area (Å²) in [5, 5.41) is 0. The molecule has 0 saturated heterocycles. The van der Waals surface area contributed by atoms with Crippen LogP contribution in [0.3, 0.4) is 0 Å². The fourth-order valence-corrected chi connectivity index (χ4v) is 3.07. The highest BCUT2D eigenvalue weighted by atomic mass is 31.1. The van der Waals surface area contributed by atoms with Gasteiger partial charge in [0.15, 0.2) is 0 Å². The van der Waals surface area contributed by atoms with Gasteiger partial charge in [0.25, 0.3) is 0 Å². The molecule has 0 saturated carbocycles. The average Bonchev–Trinajstić information content (AvgIpc) is 2.43. The largest absolute Gasteiger partial charge is 0.694 e. The van der Waals surface area contributed by atoms with E-state index in [0.717, 1.165) is 12.8 Å². The third-order valence-corrected chi connectivity index (χ3v) is 4.52. The second kappa shape index (κ2) is 16.4. The minimum Gasteiger partial charge on any atom is -0.133 e. The molecule has 0 aromatic carbocycles. The van der Waals surface area contributed by atoms with Crippen LogP contribution < -0.4 is 0 Å². The van der Waals surface area contributed by atoms with E-state index >= 15 is 0 Å². The van der Waals surface area contributed by atoms with Crippen LogP contribution in [0.2, 0.25) is 0 Å². The molecule has 3 nitrogen and oxygen atoms in total. The highest BCUT2D eigenvalue weighted by Gasteiger charge is 2.17. The quantitative estimate of drug-likeness (QED) is 0.260. The number of unbranched alkanes of at least 4 members (excludes halogenated alkanes) is 12. The zero-order valence-corrected chi connectivity index (χ0v) is 15.1. The summed E-state index contributed by atoms with van der Waals surface area (Å²) in [5.41, 5.74) is 0. The van der Waals surface area contributed by atoms with Crippen LogP contribution in [0.5, 0.6) is 0 Å². The molecule has 0 aliphatic carbocycles. The SMILES string of the molecule is CCCCCCCCCCCCCCCC(C)O[P+](=O)O. The lowest BCUT2D eigenvalue weighted by Gasteiger charge is -2.04. The molecule has 0 fully saturated rings. The lowest BCUT2D eigenvalue weighted by Crippen LogP contribution is -2.02. The van der Waals surface area contributed by atoms with Crippen molar-refractivity contribution < 1.29 is 14.0 Å². The maximum Gasteiger partial charge on any atom is 0.694 e. The van der Waals surface area contributed by atoms with Gasteiger partial charge in [0.1, 0.15) is 6.10 Å². The van der Waals surface area contributed by atoms with Gasteiger partial charge in [0.2, 0.25) is 0 Å². The Labute approximate surface area is 132 Å². The zero-order chi connectivity index (χ0) is 15.8. The Morgan fingerprint density at radius 3 is 1.57 bits per heavy atom. The molecule has 2 atom stereocenters. The monoisotopic (exact) mass is 319 g/mol. The summed E-state index contributed by atoms with van der Waals surface area (Å²) < 4.78 is 15.3. The van der Waals surface area contributed by atoms with Gasteiger partial charge in [-0.1, -0.05) is 90.4 Å². The molecule has 0 radical (unpaired) electrons. The fraction of sp³-hybridized carbons (Fsp3) is 1.00. The Hall–Kier alpha value is 0.0200. The molecular formula is C17H36O3P+. The lowest BCUT2D eigenvalue weighted by molar-refractivity contribution is 0.192. The molecule has 4 heteroatoms. The van der Waals surface area contributed by atoms with Gasteiger partial charge in [-0.2, -0.15) is 0 Å². The third kappa shape index (κ3) is 18.0. The molecule has 0 aliphatic heterocycles. The van der Waals surface area contributed by atoms with Gasteiger partial charge in [0, 0.05) is 4.57 Å². The number of rotatable bonds is 16. The first-order chi connectivity index (χ1) is 10.2. The molecule has 0 bridgehead atoms. The van der Waals surface area contributed by atoms with E-state index in [2.05, 4.69) is 6.92 Å². The minimum atomic E-state index is -2.43. The first-order valence-corrected chi connectivity index (χ1v) is 10.1. The standard InChI is InChI=1S/C17H35O3P/c1-3-4-5-6-7-8-9-10-11-12-13-14-15-16-17(2)20-21(18)19/h17H,3-16H2,1-2H3/p+1. The first kappa shape index (κ1) is 21.0. The number of hydrogen-bond acceptors (Lipinski definition) is 2. The molecule has 0 spiro atoms. The van der Waals surface area contributed by atoms with Crippen LogP contribution in [0.1, 0.15) is 104 Å². The van der Waals surface area contributed by atoms with Crippen molar-refractivity contribution in [3.63, 3.8) is 0 Å². The Kier molecular flexibility index (Phi) is 16.4. The summed E-state index contributed by atoms with van der Waals surface area (Å²) in [6.07, 6.45) is 18.3. The van der Waals surface area contributed by atoms with Crippen LogP contribution in [0.25, 0.3) is 0 Å². The molecule has 0 aromatic rings. The van der Waals surface area contributed by atoms with Gasteiger partial charge >= 0.3 is 8.25 Å². The van der Waals surface area contributed by atoms with Crippen molar-refractivity contribution in [3.8, 4) is 0 Å². The van der Waals surface area contributed by atoms with Gasteiger partial charge in [-0.25, -0.2) is 0 Å². The molecule has 0 aliphatic rings. The zero-order valence-electron chi connectivity index (χ0n) is 14.2. The molecule has 1 N–H and O–H groups in total. The second-order valence-electron chi connectivity index (χ2n) is 6.19. The van der Waals surface area contributed by atoms with Crippen molar-refractivity contribution in [2.45, 2.75) is 110 Å². The minimum absolute atomic E-state index is 0.0914. The predicted molar refractivity (Wildman–Crippen MR) is 90.7 cm³/mol. The summed E-state index contributed by atoms with van der Waals surface area (Å²) in [5.74, 6) is 0. The number of hydrogen-bond donors (Lipinski definition) is 1. The van der Waals surface area contributed by atoms with E-state index in [0.29, 0.717) is 0 Å². The Morgan fingerprint density at radius 1 is 0.810 bits per heavy atom. The highest BCUT2D eigenvalue weighted by molar-refractivity contribution is 7.32. The van der Waals surface area contributed by atoms with Crippen LogP contribution in [0, 0.1) is 0 Å². The van der Waals surface area contributed by atoms with Crippen LogP contribution in [-0.4, -0.2) is 11.0 Å². The van der Waals surface area contributed by atoms with E-state index in [1.165, 1.54) is 77.0 Å². The van der Waals surface area contributed by atoms with Gasteiger partial charge in [-0.3, -0.25) is 0 Å². The van der Waals surface area contributed by atoms with Gasteiger partial charge in [-0.05, 0) is 13.3 Å². The molecule has 0 rings (SSSR count). The van der Waals surface area contributed by atoms with Crippen molar-refractivity contribution in [1.29, 1.82) is 0 Å². The molecule has 0 aromatic heterocycles. The first-order valence-electron chi connectivity index (χ1n) is 8.99. The topological polar surface area (TPSA) is 46.5 Å². The summed E-state index contributed by atoms with van der Waals surface area (Å²) in [4.78, 5) is 8.61. The van der Waals surface area contributed by atoms with Crippen molar-refractivity contribution in [1.82, 2.24) is 0 Å². The van der Waals surface area contributed by atoms with Gasteiger partial charge in [0.05, 0.1) is 0 Å². The van der Waals surface area contributed by atoms with E-state index in [4.69, 9.17) is 9.42 Å². The fourth-order valence-electron chi connectivity index (χ4n) is 2.66. The van der Waals surface area contributed by atoms with E-state index < -0.39 is 8.25 Å². The average molecular weight is 319 g/mol. The molecule has 2 unspecified atom stereocenters. The van der Waals surface area contributed by atoms with Crippen molar-refractivity contribution in [2.75, 3.05) is 0 Å². The molecule has 0 heterocycles. The van der Waals surface area contributed by atoms with E-state index in [1.54, 1.807) is 0 Å². The van der Waals surface area contributed by atoms with Crippen molar-refractivity contribution >= 4 is 8.25 Å². The van der Waals surface area contributed by atoms with Crippen LogP contribution in [0.15, 0.2) is 0 Å². The van der Waals surface area contributed by atoms with E-state index in [-0.39, 0.29) is 6.10 Å². The Bertz CT molecular complexity index is 234. The smallest absolute Gasteiger partial charge is 0.133 e. The van der Waals surface area contributed by atoms with Crippen LogP contribution in [-0.2, 0) is 9.09 Å². The Morgan fingerprint density at radius 2 is 1.19 bits per heavy atom. The van der Waals surface area contributed by atoms with Crippen LogP contribution >= 0.6 is 8.25 Å². The molecule has 126 valence electrons. The molecular weight excluding hydrogens is 283 g/mol. The third-order valence-electron chi connectivity index (χ3n) is 3.98. The van der Waals surface area contributed by atoms with Crippen molar-refractivity contribution in [3.05, 3.63) is 0 Å². The maximum absolute atomic E-state index is 10.5.